The highest BCUT2D eigenvalue weighted by Gasteiger charge is 2.61. The van der Waals surface area contributed by atoms with E-state index in [2.05, 4.69) is 10.6 Å². The van der Waals surface area contributed by atoms with E-state index >= 15 is 0 Å². The summed E-state index contributed by atoms with van der Waals surface area (Å²) in [5.74, 6) is -1.62. The molecule has 5 aliphatic rings. The van der Waals surface area contributed by atoms with E-state index in [-0.39, 0.29) is 38.8 Å². The number of nitrogens with zero attached hydrogens (tertiary/aromatic N) is 2. The fourth-order valence-corrected chi connectivity index (χ4v) is 5.71. The second kappa shape index (κ2) is 11.2. The summed E-state index contributed by atoms with van der Waals surface area (Å²) >= 11 is 0. The third-order valence-corrected chi connectivity index (χ3v) is 8.03. The van der Waals surface area contributed by atoms with Gasteiger partial charge in [-0.3, -0.25) is 19.3 Å². The summed E-state index contributed by atoms with van der Waals surface area (Å²) in [7, 11) is 0. The van der Waals surface area contributed by atoms with Gasteiger partial charge in [-0.1, -0.05) is 0 Å². The standard InChI is InChI=1S/C22H36N4O14/c27-7-9-11(29)13(31)15(33)17(37-9)25-5-1-3-21(39-25)19(35)24-22(20(36)23-21)4-2-6-26(40-22)18-16(34)14(32)12(30)10(8-28)38-18/h9-18,27-34H,1-8H2,(H,23,36)(H,24,35)/t9?,10?,11?,12?,13?,14?,15?,16?,17?,18?,21-,22-/m1/s1. The van der Waals surface area contributed by atoms with E-state index in [1.165, 1.54) is 0 Å². The number of hydrogen-bond acceptors (Lipinski definition) is 16. The van der Waals surface area contributed by atoms with E-state index in [1.54, 1.807) is 0 Å². The van der Waals surface area contributed by atoms with E-state index in [0.29, 0.717) is 0 Å². The van der Waals surface area contributed by atoms with Crippen LogP contribution in [0.25, 0.3) is 0 Å². The highest BCUT2D eigenvalue weighted by molar-refractivity contribution is 6.00. The summed E-state index contributed by atoms with van der Waals surface area (Å²) < 4.78 is 11.0. The van der Waals surface area contributed by atoms with Gasteiger partial charge in [0.1, 0.15) is 48.8 Å². The van der Waals surface area contributed by atoms with Gasteiger partial charge in [0.25, 0.3) is 11.8 Å². The largest absolute Gasteiger partial charge is 0.394 e. The zero-order chi connectivity index (χ0) is 29.0. The summed E-state index contributed by atoms with van der Waals surface area (Å²) in [6, 6.07) is 0. The van der Waals surface area contributed by atoms with Crippen LogP contribution in [-0.4, -0.2) is 162 Å². The maximum absolute atomic E-state index is 13.5. The third-order valence-electron chi connectivity index (χ3n) is 8.03. The van der Waals surface area contributed by atoms with Crippen molar-refractivity contribution in [2.45, 2.75) is 98.4 Å². The number of aliphatic hydroxyl groups is 8. The second-order valence-electron chi connectivity index (χ2n) is 10.7. The van der Waals surface area contributed by atoms with Gasteiger partial charge >= 0.3 is 0 Å². The average Bonchev–Trinajstić information content (AvgIpc) is 2.94. The number of amides is 2. The van der Waals surface area contributed by atoms with E-state index in [4.69, 9.17) is 19.1 Å². The van der Waals surface area contributed by atoms with Gasteiger partial charge in [0.15, 0.2) is 12.5 Å². The molecule has 5 aliphatic heterocycles. The molecule has 0 aliphatic carbocycles. The number of nitrogens with one attached hydrogen (secondary N) is 2. The Labute approximate surface area is 227 Å². The van der Waals surface area contributed by atoms with Crippen LogP contribution in [0.5, 0.6) is 0 Å². The minimum absolute atomic E-state index is 0.0189. The first-order chi connectivity index (χ1) is 19.0. The summed E-state index contributed by atoms with van der Waals surface area (Å²) in [5, 5.41) is 87.6. The molecule has 5 heterocycles. The predicted octanol–water partition coefficient (Wildman–Crippen LogP) is -6.72. The number of aliphatic hydroxyl groups excluding tert-OH is 8. The third kappa shape index (κ3) is 4.90. The summed E-state index contributed by atoms with van der Waals surface area (Å²) in [6.45, 7) is -1.11. The number of piperazine rings is 1. The maximum atomic E-state index is 13.5. The van der Waals surface area contributed by atoms with Crippen molar-refractivity contribution < 1.29 is 69.6 Å². The Bertz CT molecular complexity index is 886. The predicted molar refractivity (Wildman–Crippen MR) is 123 cm³/mol. The van der Waals surface area contributed by atoms with Crippen LogP contribution in [0, 0.1) is 0 Å². The normalized spacial score (nSPS) is 49.2. The number of carbonyl (C=O) groups is 2. The van der Waals surface area contributed by atoms with Gasteiger partial charge in [0, 0.05) is 25.9 Å². The Hall–Kier alpha value is -1.62. The minimum Gasteiger partial charge on any atom is -0.394 e. The molecule has 10 unspecified atom stereocenters. The monoisotopic (exact) mass is 580 g/mol. The lowest BCUT2D eigenvalue weighted by Crippen LogP contribution is -2.80. The summed E-state index contributed by atoms with van der Waals surface area (Å²) in [5.41, 5.74) is -3.90. The zero-order valence-corrected chi connectivity index (χ0v) is 21.4. The lowest BCUT2D eigenvalue weighted by Gasteiger charge is -2.53. The highest BCUT2D eigenvalue weighted by Crippen LogP contribution is 2.37. The van der Waals surface area contributed by atoms with E-state index < -0.39 is 97.8 Å². The van der Waals surface area contributed by atoms with Crippen molar-refractivity contribution in [1.82, 2.24) is 20.8 Å². The van der Waals surface area contributed by atoms with Crippen LogP contribution in [-0.2, 0) is 28.7 Å². The van der Waals surface area contributed by atoms with Crippen molar-refractivity contribution in [2.24, 2.45) is 0 Å². The summed E-state index contributed by atoms with van der Waals surface area (Å²) in [4.78, 5) is 38.6. The Morgan fingerprint density at radius 2 is 1.02 bits per heavy atom. The highest BCUT2D eigenvalue weighted by atomic mass is 16.8. The number of hydrogen-bond donors (Lipinski definition) is 10. The first kappa shape index (κ1) is 29.9. The topological polar surface area (TPSA) is 263 Å². The van der Waals surface area contributed by atoms with Crippen LogP contribution in [0.2, 0.25) is 0 Å². The number of rotatable bonds is 4. The molecule has 2 amide bonds. The molecule has 2 spiro atoms. The van der Waals surface area contributed by atoms with Crippen LogP contribution < -0.4 is 10.6 Å². The Balaban J connectivity index is 1.31. The molecule has 0 radical (unpaired) electrons. The quantitative estimate of drug-likeness (QED) is 0.148. The zero-order valence-electron chi connectivity index (χ0n) is 21.4. The molecule has 12 atom stereocenters. The van der Waals surface area contributed by atoms with E-state index in [0.717, 1.165) is 10.1 Å². The number of carbonyl (C=O) groups excluding carboxylic acids is 2. The van der Waals surface area contributed by atoms with Gasteiger partial charge in [-0.25, -0.2) is 0 Å². The van der Waals surface area contributed by atoms with Crippen molar-refractivity contribution in [3.8, 4) is 0 Å². The first-order valence-electron chi connectivity index (χ1n) is 13.1. The molecular weight excluding hydrogens is 544 g/mol. The van der Waals surface area contributed by atoms with Crippen molar-refractivity contribution in [2.75, 3.05) is 26.3 Å². The van der Waals surface area contributed by atoms with Crippen molar-refractivity contribution in [1.29, 1.82) is 0 Å². The van der Waals surface area contributed by atoms with Crippen LogP contribution in [0.3, 0.4) is 0 Å². The van der Waals surface area contributed by atoms with Gasteiger partial charge < -0.3 is 61.0 Å². The SMILES string of the molecule is O=C1N[C@@]2(CCCN(C3OC(CO)C(O)C(O)C3O)O2)C(=O)N[C@@]12CCCN(C1OC(CO)C(O)C(O)C1O)O2. The molecule has 40 heavy (non-hydrogen) atoms. The smallest absolute Gasteiger partial charge is 0.277 e. The Morgan fingerprint density at radius 3 is 1.38 bits per heavy atom. The summed E-state index contributed by atoms with van der Waals surface area (Å²) in [6.07, 6.45) is -14.5. The molecular formula is C22H36N4O14. The Kier molecular flexibility index (Phi) is 8.38. The van der Waals surface area contributed by atoms with E-state index in [1.807, 2.05) is 0 Å². The Morgan fingerprint density at radius 1 is 0.650 bits per heavy atom. The van der Waals surface area contributed by atoms with Crippen molar-refractivity contribution >= 4 is 11.8 Å². The molecule has 0 aromatic carbocycles. The van der Waals surface area contributed by atoms with Gasteiger partial charge in [0.05, 0.1) is 13.2 Å². The molecule has 5 saturated heterocycles. The van der Waals surface area contributed by atoms with Crippen LogP contribution in [0.1, 0.15) is 25.7 Å². The lowest BCUT2D eigenvalue weighted by atomic mass is 9.94. The van der Waals surface area contributed by atoms with Gasteiger partial charge in [-0.05, 0) is 12.8 Å². The second-order valence-corrected chi connectivity index (χ2v) is 10.7. The molecule has 0 saturated carbocycles. The van der Waals surface area contributed by atoms with Gasteiger partial charge in [0.2, 0.25) is 11.4 Å². The number of hydroxylamine groups is 4. The van der Waals surface area contributed by atoms with Crippen molar-refractivity contribution in [3.63, 3.8) is 0 Å². The molecule has 10 N–H and O–H groups in total. The molecule has 18 heteroatoms. The van der Waals surface area contributed by atoms with Gasteiger partial charge in [-0.15, -0.1) is 0 Å². The fourth-order valence-electron chi connectivity index (χ4n) is 5.71. The van der Waals surface area contributed by atoms with Crippen molar-refractivity contribution in [3.05, 3.63) is 0 Å². The van der Waals surface area contributed by atoms with Gasteiger partial charge in [-0.2, -0.15) is 10.1 Å². The molecule has 18 nitrogen and oxygen atoms in total. The van der Waals surface area contributed by atoms with Crippen LogP contribution in [0.4, 0.5) is 0 Å². The fraction of sp³-hybridized carbons (Fsp3) is 0.909. The molecule has 5 rings (SSSR count). The molecule has 0 aromatic heterocycles. The minimum atomic E-state index is -1.95. The molecule has 228 valence electrons. The molecule has 0 bridgehead atoms. The maximum Gasteiger partial charge on any atom is 0.277 e. The van der Waals surface area contributed by atoms with E-state index in [9.17, 15) is 50.4 Å². The van der Waals surface area contributed by atoms with Crippen LogP contribution >= 0.6 is 0 Å². The number of ether oxygens (including phenoxy) is 2. The lowest BCUT2D eigenvalue weighted by molar-refractivity contribution is -0.386. The molecule has 5 fully saturated rings. The first-order valence-corrected chi connectivity index (χ1v) is 13.1. The molecule has 0 aromatic rings. The average molecular weight is 581 g/mol. The van der Waals surface area contributed by atoms with Crippen LogP contribution in [0.15, 0.2) is 0 Å².